The molecule has 3 nitrogen and oxygen atoms in total. The van der Waals surface area contributed by atoms with E-state index >= 15 is 0 Å². The van der Waals surface area contributed by atoms with Crippen molar-refractivity contribution < 1.29 is 9.84 Å². The summed E-state index contributed by atoms with van der Waals surface area (Å²) < 4.78 is 5.51. The fraction of sp³-hybridized carbons (Fsp3) is 0.455. The molecule has 1 heterocycles. The highest BCUT2D eigenvalue weighted by atomic mass is 16.5. The van der Waals surface area contributed by atoms with Gasteiger partial charge in [-0.2, -0.15) is 0 Å². The van der Waals surface area contributed by atoms with Gasteiger partial charge in [0.25, 0.3) is 0 Å². The van der Waals surface area contributed by atoms with Gasteiger partial charge in [-0.05, 0) is 13.0 Å². The highest BCUT2D eigenvalue weighted by Crippen LogP contribution is 2.31. The molecule has 0 saturated heterocycles. The Balaban J connectivity index is 2.10. The third-order valence-corrected chi connectivity index (χ3v) is 2.46. The maximum absolute atomic E-state index is 8.94. The molecule has 3 heteroatoms. The lowest BCUT2D eigenvalue weighted by Gasteiger charge is -2.16. The zero-order chi connectivity index (χ0) is 9.97. The van der Waals surface area contributed by atoms with Crippen molar-refractivity contribution in [1.82, 2.24) is 5.32 Å². The van der Waals surface area contributed by atoms with Gasteiger partial charge >= 0.3 is 0 Å². The lowest BCUT2D eigenvalue weighted by atomic mass is 10.1. The van der Waals surface area contributed by atoms with E-state index in [1.165, 1.54) is 5.56 Å². The van der Waals surface area contributed by atoms with Crippen molar-refractivity contribution in [3.05, 3.63) is 29.8 Å². The lowest BCUT2D eigenvalue weighted by Crippen LogP contribution is -2.33. The van der Waals surface area contributed by atoms with Gasteiger partial charge in [0.15, 0.2) is 0 Å². The molecule has 0 amide bonds. The topological polar surface area (TPSA) is 41.5 Å². The van der Waals surface area contributed by atoms with Crippen molar-refractivity contribution in [3.63, 3.8) is 0 Å². The number of ether oxygens (including phenoxy) is 1. The minimum atomic E-state index is 0.106. The van der Waals surface area contributed by atoms with Gasteiger partial charge in [0.05, 0.1) is 12.6 Å². The van der Waals surface area contributed by atoms with Gasteiger partial charge in [0.1, 0.15) is 12.4 Å². The molecule has 0 radical (unpaired) electrons. The fourth-order valence-electron chi connectivity index (χ4n) is 1.70. The molecule has 0 bridgehead atoms. The fourth-order valence-corrected chi connectivity index (χ4v) is 1.70. The Morgan fingerprint density at radius 1 is 1.57 bits per heavy atom. The van der Waals surface area contributed by atoms with Gasteiger partial charge in [-0.15, -0.1) is 0 Å². The standard InChI is InChI=1S/C11H15NO2/c1-8(6-13)12-10-7-14-11-5-3-2-4-9(10)11/h2-5,8,10,12-13H,6-7H2,1H3. The first-order valence-electron chi connectivity index (χ1n) is 4.90. The average Bonchev–Trinajstić information content (AvgIpc) is 2.62. The third kappa shape index (κ3) is 1.74. The molecule has 0 spiro atoms. The van der Waals surface area contributed by atoms with E-state index in [1.54, 1.807) is 0 Å². The van der Waals surface area contributed by atoms with Crippen LogP contribution in [0.2, 0.25) is 0 Å². The first kappa shape index (κ1) is 9.49. The van der Waals surface area contributed by atoms with Crippen LogP contribution < -0.4 is 10.1 Å². The number of hydrogen-bond acceptors (Lipinski definition) is 3. The van der Waals surface area contributed by atoms with Crippen LogP contribution >= 0.6 is 0 Å². The van der Waals surface area contributed by atoms with Crippen LogP contribution in [0.15, 0.2) is 24.3 Å². The van der Waals surface area contributed by atoms with E-state index in [9.17, 15) is 0 Å². The molecular weight excluding hydrogens is 178 g/mol. The van der Waals surface area contributed by atoms with Crippen LogP contribution in [0.4, 0.5) is 0 Å². The van der Waals surface area contributed by atoms with E-state index in [-0.39, 0.29) is 18.7 Å². The van der Waals surface area contributed by atoms with Gasteiger partial charge < -0.3 is 15.2 Å². The van der Waals surface area contributed by atoms with Gasteiger partial charge in [-0.3, -0.25) is 0 Å². The number of para-hydroxylation sites is 1. The first-order valence-corrected chi connectivity index (χ1v) is 4.90. The highest BCUT2D eigenvalue weighted by Gasteiger charge is 2.24. The van der Waals surface area contributed by atoms with Crippen LogP contribution in [-0.2, 0) is 0 Å². The number of aliphatic hydroxyl groups is 1. The van der Waals surface area contributed by atoms with Crippen molar-refractivity contribution >= 4 is 0 Å². The van der Waals surface area contributed by atoms with Crippen LogP contribution in [0.25, 0.3) is 0 Å². The molecule has 0 aliphatic carbocycles. The number of hydrogen-bond donors (Lipinski definition) is 2. The average molecular weight is 193 g/mol. The molecule has 2 atom stereocenters. The smallest absolute Gasteiger partial charge is 0.124 e. The number of fused-ring (bicyclic) bond motifs is 1. The largest absolute Gasteiger partial charge is 0.491 e. The predicted octanol–water partition coefficient (Wildman–Crippen LogP) is 1.09. The molecular formula is C11H15NO2. The Morgan fingerprint density at radius 2 is 2.36 bits per heavy atom. The van der Waals surface area contributed by atoms with Gasteiger partial charge in [-0.1, -0.05) is 18.2 Å². The van der Waals surface area contributed by atoms with Gasteiger partial charge in [-0.25, -0.2) is 0 Å². The monoisotopic (exact) mass is 193 g/mol. The van der Waals surface area contributed by atoms with E-state index in [4.69, 9.17) is 9.84 Å². The Bertz CT molecular complexity index is 314. The molecule has 1 aliphatic heterocycles. The first-order chi connectivity index (χ1) is 6.81. The summed E-state index contributed by atoms with van der Waals surface area (Å²) in [6.45, 7) is 2.77. The molecule has 1 aromatic carbocycles. The van der Waals surface area contributed by atoms with Crippen LogP contribution in [0.5, 0.6) is 5.75 Å². The van der Waals surface area contributed by atoms with Gasteiger partial charge in [0, 0.05) is 11.6 Å². The van der Waals surface area contributed by atoms with Crippen LogP contribution in [0, 0.1) is 0 Å². The number of benzene rings is 1. The molecule has 1 aliphatic rings. The summed E-state index contributed by atoms with van der Waals surface area (Å²) in [6.07, 6.45) is 0. The Hall–Kier alpha value is -1.06. The molecule has 76 valence electrons. The predicted molar refractivity (Wildman–Crippen MR) is 54.4 cm³/mol. The van der Waals surface area contributed by atoms with E-state index < -0.39 is 0 Å². The third-order valence-electron chi connectivity index (χ3n) is 2.46. The molecule has 14 heavy (non-hydrogen) atoms. The number of aliphatic hydroxyl groups excluding tert-OH is 1. The van der Waals surface area contributed by atoms with E-state index in [0.29, 0.717) is 6.61 Å². The number of rotatable bonds is 3. The van der Waals surface area contributed by atoms with E-state index in [2.05, 4.69) is 11.4 Å². The SMILES string of the molecule is CC(CO)NC1COc2ccccc21. The minimum Gasteiger partial charge on any atom is -0.491 e. The second-order valence-electron chi connectivity index (χ2n) is 3.65. The second kappa shape index (κ2) is 3.98. The summed E-state index contributed by atoms with van der Waals surface area (Å²) >= 11 is 0. The lowest BCUT2D eigenvalue weighted by molar-refractivity contribution is 0.227. The van der Waals surface area contributed by atoms with Crippen molar-refractivity contribution in [1.29, 1.82) is 0 Å². The van der Waals surface area contributed by atoms with E-state index in [0.717, 1.165) is 5.75 Å². The minimum absolute atomic E-state index is 0.106. The molecule has 0 saturated carbocycles. The highest BCUT2D eigenvalue weighted by molar-refractivity contribution is 5.39. The Kier molecular flexibility index (Phi) is 2.70. The molecule has 0 aromatic heterocycles. The Labute approximate surface area is 83.7 Å². The quantitative estimate of drug-likeness (QED) is 0.755. The molecule has 2 N–H and O–H groups in total. The van der Waals surface area contributed by atoms with Crippen molar-refractivity contribution in [2.24, 2.45) is 0 Å². The second-order valence-corrected chi connectivity index (χ2v) is 3.65. The maximum Gasteiger partial charge on any atom is 0.124 e. The molecule has 2 unspecified atom stereocenters. The normalized spacial score (nSPS) is 21.4. The molecule has 2 rings (SSSR count). The molecule has 0 fully saturated rings. The van der Waals surface area contributed by atoms with E-state index in [1.807, 2.05) is 25.1 Å². The van der Waals surface area contributed by atoms with Crippen LogP contribution in [-0.4, -0.2) is 24.4 Å². The zero-order valence-electron chi connectivity index (χ0n) is 8.23. The summed E-state index contributed by atoms with van der Waals surface area (Å²) in [5, 5.41) is 12.2. The van der Waals surface area contributed by atoms with Crippen molar-refractivity contribution in [3.8, 4) is 5.75 Å². The summed E-state index contributed by atoms with van der Waals surface area (Å²) in [5.74, 6) is 0.954. The molecule has 1 aromatic rings. The maximum atomic E-state index is 8.94. The van der Waals surface area contributed by atoms with Crippen molar-refractivity contribution in [2.75, 3.05) is 13.2 Å². The summed E-state index contributed by atoms with van der Waals surface area (Å²) in [7, 11) is 0. The van der Waals surface area contributed by atoms with Gasteiger partial charge in [0.2, 0.25) is 0 Å². The Morgan fingerprint density at radius 3 is 3.14 bits per heavy atom. The number of nitrogens with one attached hydrogen (secondary N) is 1. The van der Waals surface area contributed by atoms with Crippen LogP contribution in [0.3, 0.4) is 0 Å². The van der Waals surface area contributed by atoms with Crippen LogP contribution in [0.1, 0.15) is 18.5 Å². The summed E-state index contributed by atoms with van der Waals surface area (Å²) in [6, 6.07) is 8.33. The summed E-state index contributed by atoms with van der Waals surface area (Å²) in [4.78, 5) is 0. The van der Waals surface area contributed by atoms with Crippen molar-refractivity contribution in [2.45, 2.75) is 19.0 Å². The summed E-state index contributed by atoms with van der Waals surface area (Å²) in [5.41, 5.74) is 1.19. The zero-order valence-corrected chi connectivity index (χ0v) is 8.23.